The number of carbonyl (C=O) groups is 2. The van der Waals surface area contributed by atoms with Crippen molar-refractivity contribution >= 4 is 23.2 Å². The van der Waals surface area contributed by atoms with Crippen molar-refractivity contribution in [3.05, 3.63) is 53.6 Å². The fourth-order valence-corrected chi connectivity index (χ4v) is 3.26. The molecule has 27 heavy (non-hydrogen) atoms. The highest BCUT2D eigenvalue weighted by Crippen LogP contribution is 2.27. The van der Waals surface area contributed by atoms with Gasteiger partial charge in [0.25, 0.3) is 5.91 Å². The van der Waals surface area contributed by atoms with Gasteiger partial charge in [0.15, 0.2) is 0 Å². The molecule has 0 unspecified atom stereocenters. The highest BCUT2D eigenvalue weighted by Gasteiger charge is 2.21. The zero-order valence-electron chi connectivity index (χ0n) is 15.5. The lowest BCUT2D eigenvalue weighted by Crippen LogP contribution is -2.27. The van der Waals surface area contributed by atoms with Crippen LogP contribution in [0.1, 0.15) is 35.2 Å². The summed E-state index contributed by atoms with van der Waals surface area (Å²) in [4.78, 5) is 26.8. The van der Waals surface area contributed by atoms with E-state index in [0.717, 1.165) is 31.5 Å². The number of nitrogens with zero attached hydrogens (tertiary/aromatic N) is 1. The largest absolute Gasteiger partial charge is 0.495 e. The van der Waals surface area contributed by atoms with E-state index >= 15 is 0 Å². The number of rotatable bonds is 6. The molecule has 3 rings (SSSR count). The van der Waals surface area contributed by atoms with E-state index < -0.39 is 0 Å². The van der Waals surface area contributed by atoms with Gasteiger partial charge in [-0.15, -0.1) is 0 Å². The molecule has 142 valence electrons. The standard InChI is InChI=1S/C21H25N3O3/c1-27-19-10-8-16(21(26)24-12-4-5-13-24)14-18(19)23-20(25)11-9-15-6-2-3-7-17(15)22/h2-3,6-8,10,14H,4-5,9,11-13,22H2,1H3,(H,23,25). The lowest BCUT2D eigenvalue weighted by molar-refractivity contribution is -0.116. The van der Waals surface area contributed by atoms with Crippen LogP contribution in [0.15, 0.2) is 42.5 Å². The maximum atomic E-state index is 12.6. The van der Waals surface area contributed by atoms with Crippen LogP contribution in [-0.2, 0) is 11.2 Å². The van der Waals surface area contributed by atoms with Crippen LogP contribution < -0.4 is 15.8 Å². The summed E-state index contributed by atoms with van der Waals surface area (Å²) >= 11 is 0. The fourth-order valence-electron chi connectivity index (χ4n) is 3.26. The summed E-state index contributed by atoms with van der Waals surface area (Å²) < 4.78 is 5.33. The van der Waals surface area contributed by atoms with Crippen molar-refractivity contribution in [3.8, 4) is 5.75 Å². The first-order valence-electron chi connectivity index (χ1n) is 9.19. The molecule has 1 saturated heterocycles. The SMILES string of the molecule is COc1ccc(C(=O)N2CCCC2)cc1NC(=O)CCc1ccccc1N. The molecule has 2 aromatic carbocycles. The number of ether oxygens (including phenoxy) is 1. The Hall–Kier alpha value is -3.02. The summed E-state index contributed by atoms with van der Waals surface area (Å²) in [6.07, 6.45) is 2.91. The van der Waals surface area contributed by atoms with Crippen LogP contribution in [0.25, 0.3) is 0 Å². The molecule has 0 saturated carbocycles. The first-order chi connectivity index (χ1) is 13.1. The molecule has 6 nitrogen and oxygen atoms in total. The van der Waals surface area contributed by atoms with Crippen molar-refractivity contribution in [2.75, 3.05) is 31.2 Å². The van der Waals surface area contributed by atoms with E-state index in [1.165, 1.54) is 7.11 Å². The van der Waals surface area contributed by atoms with Gasteiger partial charge in [0, 0.05) is 30.8 Å². The van der Waals surface area contributed by atoms with Crippen LogP contribution in [0.5, 0.6) is 5.75 Å². The molecule has 2 aromatic rings. The van der Waals surface area contributed by atoms with Crippen LogP contribution in [0, 0.1) is 0 Å². The minimum atomic E-state index is -0.151. The van der Waals surface area contributed by atoms with E-state index in [1.54, 1.807) is 18.2 Å². The molecule has 6 heteroatoms. The predicted octanol–water partition coefficient (Wildman–Crippen LogP) is 3.08. The third-order valence-electron chi connectivity index (χ3n) is 4.79. The Kier molecular flexibility index (Phi) is 5.96. The smallest absolute Gasteiger partial charge is 0.253 e. The van der Waals surface area contributed by atoms with Crippen LogP contribution in [0.4, 0.5) is 11.4 Å². The molecule has 0 spiro atoms. The first kappa shape index (κ1) is 18.8. The van der Waals surface area contributed by atoms with Crippen LogP contribution in [-0.4, -0.2) is 36.9 Å². The minimum absolute atomic E-state index is 0.0114. The minimum Gasteiger partial charge on any atom is -0.495 e. The molecule has 0 aromatic heterocycles. The summed E-state index contributed by atoms with van der Waals surface area (Å²) in [5, 5.41) is 2.86. The topological polar surface area (TPSA) is 84.7 Å². The van der Waals surface area contributed by atoms with E-state index in [-0.39, 0.29) is 11.8 Å². The lowest BCUT2D eigenvalue weighted by atomic mass is 10.1. The van der Waals surface area contributed by atoms with Gasteiger partial charge in [-0.05, 0) is 49.1 Å². The monoisotopic (exact) mass is 367 g/mol. The van der Waals surface area contributed by atoms with E-state index in [4.69, 9.17) is 10.5 Å². The van der Waals surface area contributed by atoms with Gasteiger partial charge in [-0.2, -0.15) is 0 Å². The number of nitrogens with one attached hydrogen (secondary N) is 1. The summed E-state index contributed by atoms with van der Waals surface area (Å²) in [5.74, 6) is 0.366. The Morgan fingerprint density at radius 1 is 1.15 bits per heavy atom. The Balaban J connectivity index is 1.68. The molecule has 0 atom stereocenters. The van der Waals surface area contributed by atoms with Crippen molar-refractivity contribution in [1.29, 1.82) is 0 Å². The van der Waals surface area contributed by atoms with Gasteiger partial charge in [0.1, 0.15) is 5.75 Å². The third kappa shape index (κ3) is 4.58. The van der Waals surface area contributed by atoms with Gasteiger partial charge in [-0.3, -0.25) is 9.59 Å². The van der Waals surface area contributed by atoms with Gasteiger partial charge in [-0.1, -0.05) is 18.2 Å². The molecule has 1 heterocycles. The van der Waals surface area contributed by atoms with Crippen LogP contribution >= 0.6 is 0 Å². The number of anilines is 2. The molecular formula is C21H25N3O3. The fraction of sp³-hybridized carbons (Fsp3) is 0.333. The molecule has 3 N–H and O–H groups in total. The van der Waals surface area contributed by atoms with Crippen molar-refractivity contribution < 1.29 is 14.3 Å². The Morgan fingerprint density at radius 2 is 1.89 bits per heavy atom. The average Bonchev–Trinajstić information content (AvgIpc) is 3.21. The molecular weight excluding hydrogens is 342 g/mol. The quantitative estimate of drug-likeness (QED) is 0.769. The molecule has 0 radical (unpaired) electrons. The van der Waals surface area contributed by atoms with E-state index in [9.17, 15) is 9.59 Å². The second-order valence-electron chi connectivity index (χ2n) is 6.66. The number of nitrogen functional groups attached to an aromatic ring is 1. The van der Waals surface area contributed by atoms with Crippen LogP contribution in [0.2, 0.25) is 0 Å². The molecule has 1 fully saturated rings. The van der Waals surface area contributed by atoms with Crippen molar-refractivity contribution in [3.63, 3.8) is 0 Å². The highest BCUT2D eigenvalue weighted by molar-refractivity contribution is 5.98. The zero-order valence-corrected chi connectivity index (χ0v) is 15.5. The normalized spacial score (nSPS) is 13.4. The summed E-state index contributed by atoms with van der Waals surface area (Å²) in [6.45, 7) is 1.57. The van der Waals surface area contributed by atoms with Gasteiger partial charge < -0.3 is 20.7 Å². The van der Waals surface area contributed by atoms with E-state index in [1.807, 2.05) is 29.2 Å². The van der Waals surface area contributed by atoms with Gasteiger partial charge in [-0.25, -0.2) is 0 Å². The predicted molar refractivity (Wildman–Crippen MR) is 106 cm³/mol. The Labute approximate surface area is 159 Å². The summed E-state index contributed by atoms with van der Waals surface area (Å²) in [7, 11) is 1.54. The second-order valence-corrected chi connectivity index (χ2v) is 6.66. The number of nitrogens with two attached hydrogens (primary N) is 1. The summed E-state index contributed by atoms with van der Waals surface area (Å²) in [6, 6.07) is 12.6. The number of benzene rings is 2. The Bertz CT molecular complexity index is 829. The maximum absolute atomic E-state index is 12.6. The van der Waals surface area contributed by atoms with E-state index in [2.05, 4.69) is 5.32 Å². The average molecular weight is 367 g/mol. The number of hydrogen-bond acceptors (Lipinski definition) is 4. The molecule has 1 aliphatic rings. The molecule has 2 amide bonds. The summed E-state index contributed by atoms with van der Waals surface area (Å²) in [5.41, 5.74) is 8.61. The number of hydrogen-bond donors (Lipinski definition) is 2. The molecule has 0 bridgehead atoms. The number of amides is 2. The molecule has 1 aliphatic heterocycles. The highest BCUT2D eigenvalue weighted by atomic mass is 16.5. The number of para-hydroxylation sites is 1. The van der Waals surface area contributed by atoms with Crippen molar-refractivity contribution in [2.24, 2.45) is 0 Å². The van der Waals surface area contributed by atoms with Gasteiger partial charge in [0.05, 0.1) is 12.8 Å². The van der Waals surface area contributed by atoms with E-state index in [0.29, 0.717) is 35.5 Å². The van der Waals surface area contributed by atoms with Gasteiger partial charge >= 0.3 is 0 Å². The number of likely N-dealkylation sites (tertiary alicyclic amines) is 1. The number of carbonyl (C=O) groups excluding carboxylic acids is 2. The molecule has 0 aliphatic carbocycles. The van der Waals surface area contributed by atoms with Crippen molar-refractivity contribution in [2.45, 2.75) is 25.7 Å². The third-order valence-corrected chi connectivity index (χ3v) is 4.79. The second kappa shape index (κ2) is 8.58. The van der Waals surface area contributed by atoms with Crippen LogP contribution in [0.3, 0.4) is 0 Å². The van der Waals surface area contributed by atoms with Gasteiger partial charge in [0.2, 0.25) is 5.91 Å². The first-order valence-corrected chi connectivity index (χ1v) is 9.19. The number of aryl methyl sites for hydroxylation is 1. The Morgan fingerprint density at radius 3 is 2.59 bits per heavy atom. The zero-order chi connectivity index (χ0) is 19.2. The number of methoxy groups -OCH3 is 1. The lowest BCUT2D eigenvalue weighted by Gasteiger charge is -2.17. The maximum Gasteiger partial charge on any atom is 0.253 e. The van der Waals surface area contributed by atoms with Crippen molar-refractivity contribution in [1.82, 2.24) is 4.90 Å².